The Balaban J connectivity index is 1.40. The molecule has 1 aliphatic carbocycles. The zero-order chi connectivity index (χ0) is 18.6. The highest BCUT2D eigenvalue weighted by atomic mass is 35.5. The van der Waals surface area contributed by atoms with Gasteiger partial charge in [0.25, 0.3) is 0 Å². The molecule has 0 atom stereocenters. The van der Waals surface area contributed by atoms with Crippen molar-refractivity contribution >= 4 is 46.5 Å². The van der Waals surface area contributed by atoms with Crippen molar-refractivity contribution in [3.05, 3.63) is 48.3 Å². The zero-order valence-corrected chi connectivity index (χ0v) is 15.1. The van der Waals surface area contributed by atoms with Crippen molar-refractivity contribution in [1.29, 1.82) is 0 Å². The molecule has 4 rings (SSSR count). The van der Waals surface area contributed by atoms with Crippen molar-refractivity contribution in [3.63, 3.8) is 0 Å². The van der Waals surface area contributed by atoms with Gasteiger partial charge in [-0.25, -0.2) is 4.98 Å². The molecule has 0 saturated heterocycles. The van der Waals surface area contributed by atoms with Gasteiger partial charge >= 0.3 is 0 Å². The summed E-state index contributed by atoms with van der Waals surface area (Å²) in [4.78, 5) is 20.0. The minimum atomic E-state index is -0.248. The number of aromatic nitrogens is 4. The van der Waals surface area contributed by atoms with E-state index in [9.17, 15) is 4.79 Å². The largest absolute Gasteiger partial charge is 0.325 e. The molecule has 0 unspecified atom stereocenters. The quantitative estimate of drug-likeness (QED) is 0.463. The maximum atomic E-state index is 11.3. The lowest BCUT2D eigenvalue weighted by Crippen LogP contribution is -2.12. The molecule has 0 radical (unpaired) electrons. The predicted molar refractivity (Wildman–Crippen MR) is 105 cm³/mol. The maximum Gasteiger partial charge on any atom is 0.239 e. The van der Waals surface area contributed by atoms with Crippen LogP contribution < -0.4 is 16.0 Å². The predicted octanol–water partition coefficient (Wildman–Crippen LogP) is 3.74. The summed E-state index contributed by atoms with van der Waals surface area (Å²) >= 11 is 5.48. The van der Waals surface area contributed by atoms with Gasteiger partial charge in [-0.1, -0.05) is 0 Å². The highest BCUT2D eigenvalue weighted by molar-refractivity contribution is 6.29. The maximum absolute atomic E-state index is 11.3. The summed E-state index contributed by atoms with van der Waals surface area (Å²) in [5, 5.41) is 16.3. The highest BCUT2D eigenvalue weighted by Crippen LogP contribution is 2.39. The molecule has 1 fully saturated rings. The Morgan fingerprint density at radius 1 is 1.11 bits per heavy atom. The van der Waals surface area contributed by atoms with E-state index in [-0.39, 0.29) is 11.8 Å². The molecule has 2 aromatic heterocycles. The summed E-state index contributed by atoms with van der Waals surface area (Å²) < 4.78 is 0. The van der Waals surface area contributed by atoms with E-state index in [4.69, 9.17) is 11.6 Å². The molecule has 0 spiro atoms. The number of nitrogens with one attached hydrogen (secondary N) is 4. The summed E-state index contributed by atoms with van der Waals surface area (Å²) in [7, 11) is 0. The summed E-state index contributed by atoms with van der Waals surface area (Å²) in [5.41, 5.74) is 2.63. The molecule has 0 aliphatic heterocycles. The number of alkyl halides is 1. The van der Waals surface area contributed by atoms with E-state index in [2.05, 4.69) is 36.1 Å². The monoisotopic (exact) mass is 383 g/mol. The van der Waals surface area contributed by atoms with Crippen LogP contribution in [-0.2, 0) is 4.79 Å². The molecule has 1 saturated carbocycles. The topological polar surface area (TPSA) is 108 Å². The van der Waals surface area contributed by atoms with Crippen molar-refractivity contribution in [3.8, 4) is 0 Å². The Hall–Kier alpha value is -3.13. The fourth-order valence-electron chi connectivity index (χ4n) is 2.58. The summed E-state index contributed by atoms with van der Waals surface area (Å²) in [6.45, 7) is 0. The van der Waals surface area contributed by atoms with Crippen molar-refractivity contribution in [2.75, 3.05) is 21.8 Å². The third-order valence-corrected chi connectivity index (χ3v) is 4.32. The zero-order valence-electron chi connectivity index (χ0n) is 14.4. The van der Waals surface area contributed by atoms with Gasteiger partial charge in [0.2, 0.25) is 11.9 Å². The van der Waals surface area contributed by atoms with Crippen LogP contribution in [0.3, 0.4) is 0 Å². The number of H-pyrrole nitrogens is 1. The van der Waals surface area contributed by atoms with E-state index in [1.165, 1.54) is 12.8 Å². The number of rotatable bonds is 7. The van der Waals surface area contributed by atoms with Crippen LogP contribution >= 0.6 is 11.6 Å². The molecule has 8 nitrogen and oxygen atoms in total. The normalized spacial score (nSPS) is 13.2. The molecule has 1 amide bonds. The fraction of sp³-hybridized carbons (Fsp3) is 0.222. The molecule has 4 N–H and O–H groups in total. The highest BCUT2D eigenvalue weighted by Gasteiger charge is 2.25. The summed E-state index contributed by atoms with van der Waals surface area (Å²) in [6, 6.07) is 11.0. The summed E-state index contributed by atoms with van der Waals surface area (Å²) in [6.07, 6.45) is 4.11. The number of hydrogen-bond donors (Lipinski definition) is 4. The minimum absolute atomic E-state index is 0.0776. The molecule has 138 valence electrons. The van der Waals surface area contributed by atoms with Gasteiger partial charge in [-0.3, -0.25) is 9.89 Å². The number of nitrogens with zero attached hydrogens (tertiary/aromatic N) is 3. The number of amides is 1. The smallest absolute Gasteiger partial charge is 0.239 e. The van der Waals surface area contributed by atoms with E-state index in [1.54, 1.807) is 24.4 Å². The molecule has 3 aromatic rings. The van der Waals surface area contributed by atoms with Gasteiger partial charge in [-0.2, -0.15) is 10.1 Å². The van der Waals surface area contributed by atoms with E-state index in [0.717, 1.165) is 17.2 Å². The lowest BCUT2D eigenvalue weighted by molar-refractivity contribution is -0.113. The van der Waals surface area contributed by atoms with Gasteiger partial charge in [0.15, 0.2) is 5.82 Å². The van der Waals surface area contributed by atoms with Crippen LogP contribution in [0.1, 0.15) is 24.5 Å². The number of aromatic amines is 1. The Labute approximate surface area is 160 Å². The second-order valence-corrected chi connectivity index (χ2v) is 6.52. The molecule has 2 heterocycles. The molecule has 0 bridgehead atoms. The lowest BCUT2D eigenvalue weighted by Gasteiger charge is -2.08. The van der Waals surface area contributed by atoms with E-state index < -0.39 is 0 Å². The molecular formula is C18H18ClN7O. The lowest BCUT2D eigenvalue weighted by atomic mass is 10.3. The molecule has 1 aliphatic rings. The minimum Gasteiger partial charge on any atom is -0.325 e. The standard InChI is InChI=1S/C18H18ClN7O/c19-10-17(27)21-12-3-5-13(6-4-12)22-18-20-8-7-15(24-18)23-16-9-14(25-26-16)11-1-2-11/h3-9,11H,1-2,10H2,(H,21,27)(H3,20,22,23,24,25,26). The summed E-state index contributed by atoms with van der Waals surface area (Å²) in [5.74, 6) is 2.13. The van der Waals surface area contributed by atoms with Crippen LogP contribution in [0.2, 0.25) is 0 Å². The van der Waals surface area contributed by atoms with Crippen molar-refractivity contribution in [2.24, 2.45) is 0 Å². The van der Waals surface area contributed by atoms with Gasteiger partial charge in [-0.15, -0.1) is 11.6 Å². The number of carbonyl (C=O) groups excluding carboxylic acids is 1. The Morgan fingerprint density at radius 3 is 2.63 bits per heavy atom. The first-order valence-corrected chi connectivity index (χ1v) is 9.11. The van der Waals surface area contributed by atoms with Crippen LogP contribution in [-0.4, -0.2) is 32.0 Å². The second-order valence-electron chi connectivity index (χ2n) is 6.26. The first-order valence-electron chi connectivity index (χ1n) is 8.58. The van der Waals surface area contributed by atoms with Gasteiger partial charge in [0.1, 0.15) is 11.7 Å². The Morgan fingerprint density at radius 2 is 1.89 bits per heavy atom. The van der Waals surface area contributed by atoms with Gasteiger partial charge in [0.05, 0.1) is 0 Å². The average molecular weight is 384 g/mol. The van der Waals surface area contributed by atoms with E-state index in [1.807, 2.05) is 18.2 Å². The first kappa shape index (κ1) is 17.3. The van der Waals surface area contributed by atoms with Gasteiger partial charge < -0.3 is 16.0 Å². The molecular weight excluding hydrogens is 366 g/mol. The Bertz CT molecular complexity index is 937. The molecule has 27 heavy (non-hydrogen) atoms. The van der Waals surface area contributed by atoms with Gasteiger partial charge in [-0.05, 0) is 43.2 Å². The number of anilines is 5. The second kappa shape index (κ2) is 7.63. The van der Waals surface area contributed by atoms with E-state index in [0.29, 0.717) is 23.4 Å². The number of hydrogen-bond acceptors (Lipinski definition) is 6. The number of halogens is 1. The van der Waals surface area contributed by atoms with Crippen LogP contribution in [0, 0.1) is 0 Å². The van der Waals surface area contributed by atoms with Crippen LogP contribution in [0.15, 0.2) is 42.6 Å². The van der Waals surface area contributed by atoms with Crippen LogP contribution in [0.5, 0.6) is 0 Å². The van der Waals surface area contributed by atoms with Crippen LogP contribution in [0.25, 0.3) is 0 Å². The van der Waals surface area contributed by atoms with E-state index >= 15 is 0 Å². The van der Waals surface area contributed by atoms with Gasteiger partial charge in [0, 0.05) is 35.2 Å². The first-order chi connectivity index (χ1) is 13.2. The molecule has 9 heteroatoms. The average Bonchev–Trinajstić information content (AvgIpc) is 3.43. The number of carbonyl (C=O) groups is 1. The van der Waals surface area contributed by atoms with Crippen LogP contribution in [0.4, 0.5) is 29.0 Å². The Kier molecular flexibility index (Phi) is 4.88. The van der Waals surface area contributed by atoms with Crippen molar-refractivity contribution in [2.45, 2.75) is 18.8 Å². The third-order valence-electron chi connectivity index (χ3n) is 4.07. The molecule has 1 aromatic carbocycles. The fourth-order valence-corrected chi connectivity index (χ4v) is 2.65. The van der Waals surface area contributed by atoms with Crippen molar-refractivity contribution in [1.82, 2.24) is 20.2 Å². The number of benzene rings is 1. The van der Waals surface area contributed by atoms with Crippen molar-refractivity contribution < 1.29 is 4.79 Å². The SMILES string of the molecule is O=C(CCl)Nc1ccc(Nc2nccc(Nc3cc(C4CC4)[nH]n3)n2)cc1. The third kappa shape index (κ3) is 4.53.